The molecule has 2 unspecified atom stereocenters. The van der Waals surface area contributed by atoms with Gasteiger partial charge in [-0.05, 0) is 51.8 Å². The Bertz CT molecular complexity index is 1570. The maximum Gasteiger partial charge on any atom is 0.248 e. The second-order valence-electron chi connectivity index (χ2n) is 9.99. The molecule has 1 fully saturated rings. The van der Waals surface area contributed by atoms with Crippen LogP contribution < -0.4 is 5.73 Å². The first kappa shape index (κ1) is 26.4. The van der Waals surface area contributed by atoms with Gasteiger partial charge in [0, 0.05) is 47.0 Å². The zero-order valence-electron chi connectivity index (χ0n) is 21.7. The van der Waals surface area contributed by atoms with E-state index in [-0.39, 0.29) is 41.1 Å². The molecule has 0 spiro atoms. The van der Waals surface area contributed by atoms with Crippen molar-refractivity contribution < 1.29 is 23.5 Å². The van der Waals surface area contributed by atoms with Gasteiger partial charge in [0.1, 0.15) is 24.1 Å². The summed E-state index contributed by atoms with van der Waals surface area (Å²) in [5.74, 6) is -1.95. The van der Waals surface area contributed by atoms with Crippen LogP contribution in [0, 0.1) is 11.6 Å². The predicted molar refractivity (Wildman–Crippen MR) is 141 cm³/mol. The number of aromatic nitrogens is 4. The summed E-state index contributed by atoms with van der Waals surface area (Å²) < 4.78 is 29.0. The number of carbonyl (C=O) groups excluding carboxylic acids is 2. The van der Waals surface area contributed by atoms with Gasteiger partial charge in [-0.1, -0.05) is 6.07 Å². The summed E-state index contributed by atoms with van der Waals surface area (Å²) in [6, 6.07) is 6.33. The molecule has 1 aliphatic rings. The molecule has 1 aliphatic heterocycles. The van der Waals surface area contributed by atoms with Crippen LogP contribution in [0.4, 0.5) is 14.6 Å². The fourth-order valence-corrected chi connectivity index (χ4v) is 5.68. The van der Waals surface area contributed by atoms with Crippen LogP contribution in [0.25, 0.3) is 28.0 Å². The Morgan fingerprint density at radius 1 is 1.08 bits per heavy atom. The van der Waals surface area contributed by atoms with Gasteiger partial charge in [-0.25, -0.2) is 13.8 Å². The number of nitrogens with two attached hydrogens (primary N) is 1. The Morgan fingerprint density at radius 3 is 2.38 bits per heavy atom. The number of fused-ring (bicyclic) bond motifs is 1. The minimum absolute atomic E-state index is 0.159. The molecule has 9 nitrogen and oxygen atoms in total. The molecule has 0 aliphatic carbocycles. The molecular weight excluding hydrogens is 506 g/mol. The molecule has 4 heterocycles. The number of Topliss-reactive ketones (excluding diaryl/α,β-unsaturated/α-hetero) is 1. The van der Waals surface area contributed by atoms with Gasteiger partial charge in [-0.15, -0.1) is 0 Å². The van der Waals surface area contributed by atoms with Crippen molar-refractivity contribution >= 4 is 23.2 Å². The number of hydrogen-bond acceptors (Lipinski definition) is 7. The molecule has 5 rings (SSSR count). The summed E-state index contributed by atoms with van der Waals surface area (Å²) in [4.78, 5) is 35.9. The van der Waals surface area contributed by atoms with Crippen LogP contribution in [0.5, 0.6) is 0 Å². The highest BCUT2D eigenvalue weighted by Gasteiger charge is 2.37. The summed E-state index contributed by atoms with van der Waals surface area (Å²) in [5.41, 5.74) is 9.52. The Labute approximate surface area is 223 Å². The number of aliphatic hydroxyl groups excluding tert-OH is 1. The molecule has 0 radical (unpaired) electrons. The third kappa shape index (κ3) is 4.63. The normalized spacial score (nSPS) is 19.4. The molecule has 3 aromatic heterocycles. The van der Waals surface area contributed by atoms with Crippen molar-refractivity contribution in [2.75, 3.05) is 12.3 Å². The van der Waals surface area contributed by atoms with Crippen LogP contribution in [0.15, 0.2) is 42.7 Å². The lowest BCUT2D eigenvalue weighted by atomic mass is 9.82. The van der Waals surface area contributed by atoms with Crippen molar-refractivity contribution in [3.8, 4) is 22.4 Å². The van der Waals surface area contributed by atoms with Crippen molar-refractivity contribution in [2.24, 2.45) is 0 Å². The Balaban J connectivity index is 1.57. The Hall–Kier alpha value is -4.25. The first-order valence-electron chi connectivity index (χ1n) is 12.6. The number of carbonyl (C=O) groups is 2. The number of likely N-dealkylation sites (tertiary alicyclic amines) is 1. The van der Waals surface area contributed by atoms with Crippen molar-refractivity contribution in [1.82, 2.24) is 24.5 Å². The lowest BCUT2D eigenvalue weighted by Gasteiger charge is -2.42. The standard InChI is InChI=1S/C28H28F2N6O3/c1-14-8-18(9-15(2)35(14)24(39)13-37)26-25(16(3)38)27(31)36-28(34-26)21(12-33-36)17-4-7-23(32-11-17)20-6-5-19(29)10-22(20)30/h4-7,10-12,14-15,18,37H,8-9,13,31H2,1-3H3/t14-,15?,18?/m0/s1. The summed E-state index contributed by atoms with van der Waals surface area (Å²) in [6.45, 7) is 4.69. The van der Waals surface area contributed by atoms with E-state index in [1.165, 1.54) is 23.6 Å². The number of aliphatic hydroxyl groups is 1. The average Bonchev–Trinajstić information content (AvgIpc) is 3.32. The molecule has 0 saturated carbocycles. The van der Waals surface area contributed by atoms with E-state index in [0.29, 0.717) is 46.6 Å². The highest BCUT2D eigenvalue weighted by Crippen LogP contribution is 2.38. The molecule has 1 saturated heterocycles. The van der Waals surface area contributed by atoms with Crippen molar-refractivity contribution in [3.05, 3.63) is 65.6 Å². The third-order valence-corrected chi connectivity index (χ3v) is 7.36. The van der Waals surface area contributed by atoms with Crippen LogP contribution in [0.3, 0.4) is 0 Å². The molecule has 39 heavy (non-hydrogen) atoms. The van der Waals surface area contributed by atoms with E-state index in [4.69, 9.17) is 10.7 Å². The van der Waals surface area contributed by atoms with E-state index in [9.17, 15) is 23.5 Å². The maximum atomic E-state index is 14.3. The lowest BCUT2D eigenvalue weighted by Crippen LogP contribution is -2.50. The lowest BCUT2D eigenvalue weighted by molar-refractivity contribution is -0.140. The van der Waals surface area contributed by atoms with Gasteiger partial charge in [-0.3, -0.25) is 14.6 Å². The van der Waals surface area contributed by atoms with Crippen LogP contribution in [0.2, 0.25) is 0 Å². The van der Waals surface area contributed by atoms with Gasteiger partial charge in [0.25, 0.3) is 0 Å². The van der Waals surface area contributed by atoms with Gasteiger partial charge in [-0.2, -0.15) is 9.61 Å². The fraction of sp³-hybridized carbons (Fsp3) is 0.321. The predicted octanol–water partition coefficient (Wildman–Crippen LogP) is 4.00. The summed E-state index contributed by atoms with van der Waals surface area (Å²) in [7, 11) is 0. The SMILES string of the molecule is CC(=O)c1c(C2CC(C)N(C(=O)CO)[C@@H](C)C2)nc2c(-c3ccc(-c4ccc(F)cc4F)nc3)cnn2c1N. The molecule has 0 bridgehead atoms. The van der Waals surface area contributed by atoms with Gasteiger partial charge in [0.2, 0.25) is 5.91 Å². The van der Waals surface area contributed by atoms with E-state index in [1.807, 2.05) is 13.8 Å². The Kier molecular flexibility index (Phi) is 6.85. The molecule has 4 aromatic rings. The van der Waals surface area contributed by atoms with Crippen molar-refractivity contribution in [1.29, 1.82) is 0 Å². The van der Waals surface area contributed by atoms with Gasteiger partial charge < -0.3 is 15.7 Å². The number of nitrogens with zero attached hydrogens (tertiary/aromatic N) is 5. The molecule has 202 valence electrons. The van der Waals surface area contributed by atoms with Gasteiger partial charge >= 0.3 is 0 Å². The van der Waals surface area contributed by atoms with E-state index in [2.05, 4.69) is 10.1 Å². The highest BCUT2D eigenvalue weighted by atomic mass is 19.1. The van der Waals surface area contributed by atoms with Crippen LogP contribution in [-0.4, -0.2) is 60.0 Å². The number of ketones is 1. The Morgan fingerprint density at radius 2 is 1.79 bits per heavy atom. The summed E-state index contributed by atoms with van der Waals surface area (Å²) in [5, 5.41) is 13.8. The topological polar surface area (TPSA) is 127 Å². The molecule has 11 heteroatoms. The molecule has 1 aromatic carbocycles. The van der Waals surface area contributed by atoms with Gasteiger partial charge in [0.15, 0.2) is 11.4 Å². The number of halogens is 2. The second kappa shape index (κ2) is 10.1. The third-order valence-electron chi connectivity index (χ3n) is 7.36. The first-order valence-corrected chi connectivity index (χ1v) is 12.6. The van der Waals surface area contributed by atoms with Crippen molar-refractivity contribution in [2.45, 2.75) is 51.6 Å². The summed E-state index contributed by atoms with van der Waals surface area (Å²) >= 11 is 0. The quantitative estimate of drug-likeness (QED) is 0.371. The second-order valence-corrected chi connectivity index (χ2v) is 9.99. The molecule has 3 N–H and O–H groups in total. The minimum atomic E-state index is -0.711. The zero-order valence-corrected chi connectivity index (χ0v) is 21.7. The van der Waals surface area contributed by atoms with Crippen molar-refractivity contribution in [3.63, 3.8) is 0 Å². The molecule has 3 atom stereocenters. The first-order chi connectivity index (χ1) is 18.6. The van der Waals surface area contributed by atoms with E-state index < -0.39 is 18.2 Å². The fourth-order valence-electron chi connectivity index (χ4n) is 5.68. The number of pyridine rings is 1. The van der Waals surface area contributed by atoms with E-state index >= 15 is 0 Å². The van der Waals surface area contributed by atoms with Crippen LogP contribution in [0.1, 0.15) is 55.6 Å². The number of nitrogen functional groups attached to an aromatic ring is 1. The minimum Gasteiger partial charge on any atom is -0.387 e. The zero-order chi connectivity index (χ0) is 28.0. The van der Waals surface area contributed by atoms with Crippen LogP contribution >= 0.6 is 0 Å². The number of piperidine rings is 1. The number of benzene rings is 1. The smallest absolute Gasteiger partial charge is 0.248 e. The van der Waals surface area contributed by atoms with E-state index in [1.54, 1.807) is 29.4 Å². The summed E-state index contributed by atoms with van der Waals surface area (Å²) in [6.07, 6.45) is 4.22. The average molecular weight is 535 g/mol. The monoisotopic (exact) mass is 534 g/mol. The highest BCUT2D eigenvalue weighted by molar-refractivity contribution is 6.00. The van der Waals surface area contributed by atoms with Crippen LogP contribution in [-0.2, 0) is 4.79 Å². The molecule has 1 amide bonds. The number of rotatable bonds is 5. The van der Waals surface area contributed by atoms with Gasteiger partial charge in [0.05, 0.1) is 23.1 Å². The van der Waals surface area contributed by atoms with E-state index in [0.717, 1.165) is 6.07 Å². The number of anilines is 1. The maximum absolute atomic E-state index is 14.3. The number of hydrogen-bond donors (Lipinski definition) is 2. The largest absolute Gasteiger partial charge is 0.387 e. The molecular formula is C28H28F2N6O3. The number of amides is 1.